The van der Waals surface area contributed by atoms with Gasteiger partial charge in [0.25, 0.3) is 0 Å². The number of hydrogen-bond donors (Lipinski definition) is 1. The maximum atomic E-state index is 13.3. The summed E-state index contributed by atoms with van der Waals surface area (Å²) in [6.07, 6.45) is 2.27. The highest BCUT2D eigenvalue weighted by Gasteiger charge is 2.28. The third-order valence-electron chi connectivity index (χ3n) is 5.62. The van der Waals surface area contributed by atoms with Crippen LogP contribution in [0, 0.1) is 6.92 Å². The molecule has 0 aliphatic heterocycles. The minimum absolute atomic E-state index is 0.139. The number of benzene rings is 2. The molecule has 0 aliphatic carbocycles. The molecule has 0 heterocycles. The van der Waals surface area contributed by atoms with Gasteiger partial charge in [-0.3, -0.25) is 13.9 Å². The van der Waals surface area contributed by atoms with Gasteiger partial charge in [-0.2, -0.15) is 0 Å². The minimum atomic E-state index is -3.50. The number of nitrogens with zero attached hydrogens (tertiary/aromatic N) is 2. The molecule has 0 spiro atoms. The highest BCUT2D eigenvalue weighted by Crippen LogP contribution is 2.19. The van der Waals surface area contributed by atoms with Crippen molar-refractivity contribution in [1.82, 2.24) is 10.2 Å². The number of aryl methyl sites for hydroxylation is 1. The highest BCUT2D eigenvalue weighted by atomic mass is 32.2. The second-order valence-electron chi connectivity index (χ2n) is 10.0. The molecule has 2 aromatic rings. The maximum Gasteiger partial charge on any atom is 0.242 e. The SMILES string of the molecule is Cc1ccc(N(CCCC(=O)N(CCc2ccccc2)[C@@H](C)C(=O)NC(C)(C)C)S(C)(=O)=O)cc1. The van der Waals surface area contributed by atoms with Gasteiger partial charge in [0, 0.05) is 25.0 Å². The fourth-order valence-electron chi connectivity index (χ4n) is 3.76. The predicted octanol–water partition coefficient (Wildman–Crippen LogP) is 3.92. The van der Waals surface area contributed by atoms with E-state index in [1.807, 2.05) is 70.2 Å². The van der Waals surface area contributed by atoms with Crippen LogP contribution in [0.15, 0.2) is 54.6 Å². The molecule has 2 amide bonds. The summed E-state index contributed by atoms with van der Waals surface area (Å²) in [6.45, 7) is 9.96. The fraction of sp³-hybridized carbons (Fsp3) is 0.481. The van der Waals surface area contributed by atoms with Gasteiger partial charge in [0.05, 0.1) is 11.9 Å². The molecular weight excluding hydrogens is 462 g/mol. The average molecular weight is 502 g/mol. The van der Waals surface area contributed by atoms with Crippen molar-refractivity contribution in [2.75, 3.05) is 23.7 Å². The number of nitrogens with one attached hydrogen (secondary N) is 1. The van der Waals surface area contributed by atoms with Gasteiger partial charge in [-0.1, -0.05) is 48.0 Å². The largest absolute Gasteiger partial charge is 0.350 e. The molecule has 0 saturated heterocycles. The molecule has 0 radical (unpaired) electrons. The van der Waals surface area contributed by atoms with Crippen LogP contribution in [0.2, 0.25) is 0 Å². The van der Waals surface area contributed by atoms with E-state index in [9.17, 15) is 18.0 Å². The van der Waals surface area contributed by atoms with Crippen LogP contribution in [-0.2, 0) is 26.0 Å². The Morgan fingerprint density at radius 1 is 0.971 bits per heavy atom. The van der Waals surface area contributed by atoms with E-state index in [-0.39, 0.29) is 24.8 Å². The quantitative estimate of drug-likeness (QED) is 0.506. The van der Waals surface area contributed by atoms with E-state index in [2.05, 4.69) is 5.32 Å². The van der Waals surface area contributed by atoms with Crippen molar-refractivity contribution in [2.24, 2.45) is 0 Å². The third-order valence-corrected chi connectivity index (χ3v) is 6.82. The van der Waals surface area contributed by atoms with Crippen LogP contribution in [0.25, 0.3) is 0 Å². The molecule has 192 valence electrons. The molecule has 1 N–H and O–H groups in total. The molecule has 8 heteroatoms. The van der Waals surface area contributed by atoms with E-state index in [1.54, 1.807) is 24.0 Å². The molecule has 0 aromatic heterocycles. The van der Waals surface area contributed by atoms with Crippen LogP contribution in [0.5, 0.6) is 0 Å². The summed E-state index contributed by atoms with van der Waals surface area (Å²) in [7, 11) is -3.50. The van der Waals surface area contributed by atoms with E-state index in [0.29, 0.717) is 25.1 Å². The van der Waals surface area contributed by atoms with Crippen molar-refractivity contribution in [1.29, 1.82) is 0 Å². The monoisotopic (exact) mass is 501 g/mol. The van der Waals surface area contributed by atoms with E-state index >= 15 is 0 Å². The second kappa shape index (κ2) is 12.2. The molecule has 35 heavy (non-hydrogen) atoms. The summed E-state index contributed by atoms with van der Waals surface area (Å²) in [5.74, 6) is -0.383. The Morgan fingerprint density at radius 2 is 1.57 bits per heavy atom. The van der Waals surface area contributed by atoms with Gasteiger partial charge in [0.1, 0.15) is 6.04 Å². The zero-order valence-corrected chi connectivity index (χ0v) is 22.6. The molecule has 2 aromatic carbocycles. The third kappa shape index (κ3) is 9.36. The molecule has 1 atom stereocenters. The molecule has 0 unspecified atom stereocenters. The summed E-state index contributed by atoms with van der Waals surface area (Å²) in [5, 5.41) is 2.95. The minimum Gasteiger partial charge on any atom is -0.350 e. The Labute approximate surface area is 210 Å². The van der Waals surface area contributed by atoms with E-state index in [4.69, 9.17) is 0 Å². The Balaban J connectivity index is 2.12. The van der Waals surface area contributed by atoms with Crippen molar-refractivity contribution in [3.8, 4) is 0 Å². The van der Waals surface area contributed by atoms with Gasteiger partial charge in [-0.25, -0.2) is 8.42 Å². The van der Waals surface area contributed by atoms with Crippen LogP contribution >= 0.6 is 0 Å². The highest BCUT2D eigenvalue weighted by molar-refractivity contribution is 7.92. The summed E-state index contributed by atoms with van der Waals surface area (Å²) in [5.41, 5.74) is 2.28. The van der Waals surface area contributed by atoms with Crippen molar-refractivity contribution in [3.05, 3.63) is 65.7 Å². The average Bonchev–Trinajstić information content (AvgIpc) is 2.76. The van der Waals surface area contributed by atoms with Gasteiger partial charge >= 0.3 is 0 Å². The Bertz CT molecular complexity index is 1080. The molecule has 2 rings (SSSR count). The summed E-state index contributed by atoms with van der Waals surface area (Å²) in [4.78, 5) is 27.7. The first-order chi connectivity index (χ1) is 16.3. The first kappa shape index (κ1) is 28.4. The standard InChI is InChI=1S/C27H39N3O4S/c1-21-14-16-24(17-15-21)30(35(6,33)34)19-10-13-25(31)29(20-18-23-11-8-7-9-12-23)22(2)26(32)28-27(3,4)5/h7-9,11-12,14-17,22H,10,13,18-20H2,1-6H3,(H,28,32)/t22-/m0/s1. The lowest BCUT2D eigenvalue weighted by molar-refractivity contribution is -0.140. The van der Waals surface area contributed by atoms with Crippen molar-refractivity contribution >= 4 is 27.5 Å². The van der Waals surface area contributed by atoms with Crippen LogP contribution in [0.1, 0.15) is 51.7 Å². The fourth-order valence-corrected chi connectivity index (χ4v) is 4.72. The van der Waals surface area contributed by atoms with E-state index in [1.165, 1.54) is 10.6 Å². The smallest absolute Gasteiger partial charge is 0.242 e. The Hall–Kier alpha value is -2.87. The summed E-state index contributed by atoms with van der Waals surface area (Å²) < 4.78 is 26.1. The summed E-state index contributed by atoms with van der Waals surface area (Å²) >= 11 is 0. The van der Waals surface area contributed by atoms with Crippen molar-refractivity contribution in [2.45, 2.75) is 65.5 Å². The maximum absolute atomic E-state index is 13.3. The van der Waals surface area contributed by atoms with Crippen LogP contribution in [-0.4, -0.2) is 56.1 Å². The Morgan fingerprint density at radius 3 is 2.11 bits per heavy atom. The van der Waals surface area contributed by atoms with E-state index in [0.717, 1.165) is 11.1 Å². The number of hydrogen-bond acceptors (Lipinski definition) is 4. The lowest BCUT2D eigenvalue weighted by atomic mass is 10.1. The predicted molar refractivity (Wildman–Crippen MR) is 142 cm³/mol. The number of carbonyl (C=O) groups excluding carboxylic acids is 2. The second-order valence-corrected chi connectivity index (χ2v) is 11.9. The van der Waals surface area contributed by atoms with Crippen molar-refractivity contribution < 1.29 is 18.0 Å². The normalized spacial score (nSPS) is 12.6. The van der Waals surface area contributed by atoms with Gasteiger partial charge in [0.15, 0.2) is 0 Å². The molecule has 7 nitrogen and oxygen atoms in total. The number of anilines is 1. The summed E-state index contributed by atoms with van der Waals surface area (Å²) in [6, 6.07) is 16.4. The number of carbonyl (C=O) groups is 2. The first-order valence-electron chi connectivity index (χ1n) is 12.0. The first-order valence-corrected chi connectivity index (χ1v) is 13.8. The van der Waals surface area contributed by atoms with Gasteiger partial charge < -0.3 is 10.2 Å². The number of amides is 2. The number of rotatable bonds is 11. The van der Waals surface area contributed by atoms with Gasteiger partial charge in [-0.15, -0.1) is 0 Å². The molecule has 0 aliphatic rings. The van der Waals surface area contributed by atoms with Gasteiger partial charge in [0.2, 0.25) is 21.8 Å². The zero-order chi connectivity index (χ0) is 26.2. The van der Waals surface area contributed by atoms with Crippen molar-refractivity contribution in [3.63, 3.8) is 0 Å². The lowest BCUT2D eigenvalue weighted by Gasteiger charge is -2.32. The molecule has 0 saturated carbocycles. The lowest BCUT2D eigenvalue weighted by Crippen LogP contribution is -2.53. The van der Waals surface area contributed by atoms with Crippen LogP contribution in [0.3, 0.4) is 0 Å². The zero-order valence-electron chi connectivity index (χ0n) is 21.7. The molecule has 0 bridgehead atoms. The van der Waals surface area contributed by atoms with Gasteiger partial charge in [-0.05, 0) is 65.2 Å². The van der Waals surface area contributed by atoms with Crippen LogP contribution < -0.4 is 9.62 Å². The number of sulfonamides is 1. The van der Waals surface area contributed by atoms with Crippen LogP contribution in [0.4, 0.5) is 5.69 Å². The van der Waals surface area contributed by atoms with E-state index < -0.39 is 21.6 Å². The molecular formula is C27H39N3O4S. The topological polar surface area (TPSA) is 86.8 Å². The Kier molecular flexibility index (Phi) is 9.89. The molecule has 0 fully saturated rings.